The lowest BCUT2D eigenvalue weighted by atomic mass is 10.0. The van der Waals surface area contributed by atoms with Crippen molar-refractivity contribution in [3.63, 3.8) is 0 Å². The van der Waals surface area contributed by atoms with Gasteiger partial charge in [-0.25, -0.2) is 23.1 Å². The first-order valence-corrected chi connectivity index (χ1v) is 10.7. The summed E-state index contributed by atoms with van der Waals surface area (Å²) < 4.78 is 49.3. The lowest BCUT2D eigenvalue weighted by Gasteiger charge is -2.16. The third kappa shape index (κ3) is 4.30. The van der Waals surface area contributed by atoms with E-state index in [9.17, 15) is 18.3 Å². The van der Waals surface area contributed by atoms with Crippen LogP contribution in [0.4, 0.5) is 13.2 Å². The molecule has 35 heavy (non-hydrogen) atoms. The molecule has 8 nitrogen and oxygen atoms in total. The van der Waals surface area contributed by atoms with Gasteiger partial charge in [-0.15, -0.1) is 0 Å². The van der Waals surface area contributed by atoms with E-state index >= 15 is 0 Å². The fourth-order valence-corrected chi connectivity index (χ4v) is 3.99. The summed E-state index contributed by atoms with van der Waals surface area (Å²) in [4.78, 5) is 8.60. The number of aryl methyl sites for hydroxylation is 1. The number of halogens is 3. The van der Waals surface area contributed by atoms with Crippen LogP contribution in [0.15, 0.2) is 53.5 Å². The van der Waals surface area contributed by atoms with Crippen molar-refractivity contribution in [1.82, 2.24) is 29.5 Å². The number of alkyl halides is 2. The Morgan fingerprint density at radius 3 is 2.51 bits per heavy atom. The lowest BCUT2D eigenvalue weighted by molar-refractivity contribution is 0.0578. The Kier molecular flexibility index (Phi) is 5.43. The quantitative estimate of drug-likeness (QED) is 0.366. The van der Waals surface area contributed by atoms with E-state index in [1.54, 1.807) is 42.9 Å². The second kappa shape index (κ2) is 8.35. The number of furan rings is 1. The molecule has 5 aromatic rings. The van der Waals surface area contributed by atoms with Gasteiger partial charge in [0.05, 0.1) is 35.0 Å². The summed E-state index contributed by atoms with van der Waals surface area (Å²) in [7, 11) is 1.44. The zero-order valence-corrected chi connectivity index (χ0v) is 19.1. The molecule has 0 aliphatic rings. The molecule has 0 amide bonds. The minimum Gasteiger partial charge on any atom is -0.437 e. The van der Waals surface area contributed by atoms with Crippen LogP contribution in [-0.2, 0) is 13.6 Å². The van der Waals surface area contributed by atoms with Crippen LogP contribution in [0.25, 0.3) is 44.9 Å². The molecule has 0 bridgehead atoms. The highest BCUT2D eigenvalue weighted by molar-refractivity contribution is 5.96. The molecule has 4 aromatic heterocycles. The Labute approximate surface area is 197 Å². The normalized spacial score (nSPS) is 12.2. The van der Waals surface area contributed by atoms with E-state index in [0.29, 0.717) is 27.9 Å². The first-order chi connectivity index (χ1) is 16.6. The fraction of sp³-hybridized carbons (Fsp3) is 0.250. The lowest BCUT2D eigenvalue weighted by Crippen LogP contribution is -2.26. The average molecular weight is 482 g/mol. The third-order valence-electron chi connectivity index (χ3n) is 5.47. The largest absolute Gasteiger partial charge is 0.437 e. The Balaban J connectivity index is 1.69. The van der Waals surface area contributed by atoms with Crippen LogP contribution in [-0.4, -0.2) is 40.2 Å². The van der Waals surface area contributed by atoms with Gasteiger partial charge >= 0.3 is 0 Å². The minimum absolute atomic E-state index is 0.155. The maximum absolute atomic E-state index is 13.6. The van der Waals surface area contributed by atoms with Crippen molar-refractivity contribution in [1.29, 1.82) is 0 Å². The van der Waals surface area contributed by atoms with Crippen LogP contribution >= 0.6 is 0 Å². The summed E-state index contributed by atoms with van der Waals surface area (Å²) >= 11 is 0. The Hall–Kier alpha value is -3.99. The molecule has 0 saturated heterocycles. The minimum atomic E-state index is -2.75. The first kappa shape index (κ1) is 22.8. The first-order valence-electron chi connectivity index (χ1n) is 10.7. The monoisotopic (exact) mass is 482 g/mol. The molecule has 0 atom stereocenters. The molecular formula is C24H21F3N6O2. The number of fused-ring (bicyclic) bond motifs is 1. The van der Waals surface area contributed by atoms with Gasteiger partial charge in [-0.1, -0.05) is 0 Å². The van der Waals surface area contributed by atoms with Crippen LogP contribution in [0.1, 0.15) is 26.0 Å². The molecular weight excluding hydrogens is 461 g/mol. The van der Waals surface area contributed by atoms with Crippen LogP contribution in [0, 0.1) is 5.82 Å². The highest BCUT2D eigenvalue weighted by Crippen LogP contribution is 2.38. The summed E-state index contributed by atoms with van der Waals surface area (Å²) in [5, 5.41) is 19.3. The summed E-state index contributed by atoms with van der Waals surface area (Å²) in [6.07, 6.45) is 1.60. The van der Waals surface area contributed by atoms with E-state index in [1.807, 2.05) is 0 Å². The van der Waals surface area contributed by atoms with Crippen LogP contribution in [0.3, 0.4) is 0 Å². The Bertz CT molecular complexity index is 1510. The van der Waals surface area contributed by atoms with E-state index in [1.165, 1.54) is 31.7 Å². The van der Waals surface area contributed by atoms with Crippen molar-refractivity contribution in [2.45, 2.75) is 32.4 Å². The summed E-state index contributed by atoms with van der Waals surface area (Å²) in [6, 6.07) is 7.44. The van der Waals surface area contributed by atoms with Gasteiger partial charge in [-0.3, -0.25) is 9.36 Å². The topological polar surface area (TPSA) is 94.8 Å². The molecule has 0 unspecified atom stereocenters. The highest BCUT2D eigenvalue weighted by Gasteiger charge is 2.25. The SMILES string of the molecule is Cn1ncc(-c2cc3c(-c4cn(CC(C)(C)O)nc4-c4ccc(F)cc4)ncnc3o2)c1C(F)F. The molecule has 0 radical (unpaired) electrons. The zero-order valence-electron chi connectivity index (χ0n) is 19.1. The van der Waals surface area contributed by atoms with E-state index in [4.69, 9.17) is 4.42 Å². The van der Waals surface area contributed by atoms with Crippen LogP contribution < -0.4 is 0 Å². The van der Waals surface area contributed by atoms with Crippen molar-refractivity contribution in [2.24, 2.45) is 7.05 Å². The summed E-state index contributed by atoms with van der Waals surface area (Å²) in [5.74, 6) is -0.209. The van der Waals surface area contributed by atoms with Crippen molar-refractivity contribution in [2.75, 3.05) is 0 Å². The fourth-order valence-electron chi connectivity index (χ4n) is 3.99. The summed E-state index contributed by atoms with van der Waals surface area (Å²) in [6.45, 7) is 3.51. The van der Waals surface area contributed by atoms with Gasteiger partial charge in [0.15, 0.2) is 0 Å². The smallest absolute Gasteiger partial charge is 0.280 e. The Morgan fingerprint density at radius 2 is 1.83 bits per heavy atom. The number of nitrogens with zero attached hydrogens (tertiary/aromatic N) is 6. The standard InChI is InChI=1S/C24H21F3N6O2/c1-24(2,34)11-33-10-17(19(31-33)13-4-6-14(25)7-5-13)20-15-8-18(35-23(15)29-12-28-20)16-9-30-32(3)21(16)22(26)27/h4-10,12,22,34H,11H2,1-3H3. The van der Waals surface area contributed by atoms with Crippen molar-refractivity contribution in [3.05, 3.63) is 60.6 Å². The van der Waals surface area contributed by atoms with Gasteiger partial charge in [-0.2, -0.15) is 10.2 Å². The maximum Gasteiger partial charge on any atom is 0.280 e. The molecule has 0 spiro atoms. The number of hydrogen-bond acceptors (Lipinski definition) is 6. The number of aliphatic hydroxyl groups is 1. The number of benzene rings is 1. The predicted molar refractivity (Wildman–Crippen MR) is 122 cm³/mol. The molecule has 0 aliphatic carbocycles. The van der Waals surface area contributed by atoms with Crippen molar-refractivity contribution < 1.29 is 22.7 Å². The molecule has 180 valence electrons. The zero-order chi connectivity index (χ0) is 24.9. The van der Waals surface area contributed by atoms with Gasteiger partial charge in [0.2, 0.25) is 5.71 Å². The van der Waals surface area contributed by atoms with Gasteiger partial charge in [0.1, 0.15) is 29.3 Å². The van der Waals surface area contributed by atoms with Crippen molar-refractivity contribution in [3.8, 4) is 33.8 Å². The molecule has 5 rings (SSSR count). The second-order valence-corrected chi connectivity index (χ2v) is 8.83. The van der Waals surface area contributed by atoms with Gasteiger partial charge < -0.3 is 9.52 Å². The van der Waals surface area contributed by atoms with E-state index in [-0.39, 0.29) is 35.1 Å². The molecule has 0 aliphatic heterocycles. The van der Waals surface area contributed by atoms with Crippen molar-refractivity contribution >= 4 is 11.1 Å². The van der Waals surface area contributed by atoms with E-state index < -0.39 is 12.0 Å². The second-order valence-electron chi connectivity index (χ2n) is 8.83. The molecule has 4 heterocycles. The van der Waals surface area contributed by atoms with E-state index in [2.05, 4.69) is 20.2 Å². The van der Waals surface area contributed by atoms with Crippen LogP contribution in [0.5, 0.6) is 0 Å². The van der Waals surface area contributed by atoms with E-state index in [0.717, 1.165) is 4.68 Å². The number of hydrogen-bond donors (Lipinski definition) is 1. The van der Waals surface area contributed by atoms with Crippen LogP contribution in [0.2, 0.25) is 0 Å². The number of aromatic nitrogens is 6. The summed E-state index contributed by atoms with van der Waals surface area (Å²) in [5.41, 5.74) is 1.22. The predicted octanol–water partition coefficient (Wildman–Crippen LogP) is 5.00. The average Bonchev–Trinajstić information content (AvgIpc) is 3.49. The molecule has 11 heteroatoms. The maximum atomic E-state index is 13.6. The molecule has 0 fully saturated rings. The molecule has 1 N–H and O–H groups in total. The number of rotatable bonds is 6. The highest BCUT2D eigenvalue weighted by atomic mass is 19.3. The molecule has 0 saturated carbocycles. The van der Waals surface area contributed by atoms with Gasteiger partial charge in [0.25, 0.3) is 6.43 Å². The van der Waals surface area contributed by atoms with Gasteiger partial charge in [-0.05, 0) is 44.2 Å². The van der Waals surface area contributed by atoms with Gasteiger partial charge in [0, 0.05) is 24.4 Å². The Morgan fingerprint density at radius 1 is 1.09 bits per heavy atom. The molecule has 1 aromatic carbocycles. The third-order valence-corrected chi connectivity index (χ3v) is 5.47.